The van der Waals surface area contributed by atoms with E-state index in [1.54, 1.807) is 13.0 Å². The van der Waals surface area contributed by atoms with Crippen LogP contribution in [0.2, 0.25) is 0 Å². The van der Waals surface area contributed by atoms with Crippen LogP contribution >= 0.6 is 0 Å². The fourth-order valence-electron chi connectivity index (χ4n) is 1.66. The van der Waals surface area contributed by atoms with E-state index >= 15 is 0 Å². The van der Waals surface area contributed by atoms with Crippen LogP contribution in [0, 0.1) is 18.7 Å². The van der Waals surface area contributed by atoms with Crippen molar-refractivity contribution in [2.24, 2.45) is 5.92 Å². The zero-order valence-corrected chi connectivity index (χ0v) is 11.5. The smallest absolute Gasteiger partial charge is 0.134 e. The molecule has 0 aliphatic carbocycles. The van der Waals surface area contributed by atoms with Crippen LogP contribution in [0.5, 0.6) is 5.75 Å². The molecule has 0 atom stereocenters. The molecule has 0 bridgehead atoms. The highest BCUT2D eigenvalue weighted by Gasteiger charge is 2.10. The predicted molar refractivity (Wildman–Crippen MR) is 70.5 cm³/mol. The molecule has 0 radical (unpaired) electrons. The Morgan fingerprint density at radius 2 is 2.06 bits per heavy atom. The predicted octanol–water partition coefficient (Wildman–Crippen LogP) is 3.69. The lowest BCUT2D eigenvalue weighted by atomic mass is 10.0. The van der Waals surface area contributed by atoms with Gasteiger partial charge < -0.3 is 4.74 Å². The van der Waals surface area contributed by atoms with Gasteiger partial charge in [0.1, 0.15) is 17.3 Å². The van der Waals surface area contributed by atoms with E-state index in [1.807, 2.05) is 0 Å². The van der Waals surface area contributed by atoms with E-state index < -0.39 is 0 Å². The number of hydrogen-bond donors (Lipinski definition) is 0. The maximum Gasteiger partial charge on any atom is 0.134 e. The Labute approximate surface area is 108 Å². The Morgan fingerprint density at radius 1 is 1.39 bits per heavy atom. The van der Waals surface area contributed by atoms with Gasteiger partial charge in [-0.2, -0.15) is 0 Å². The van der Waals surface area contributed by atoms with E-state index in [9.17, 15) is 9.18 Å². The van der Waals surface area contributed by atoms with Gasteiger partial charge in [-0.15, -0.1) is 0 Å². The number of ether oxygens (including phenoxy) is 1. The Kier molecular flexibility index (Phi) is 5.32. The van der Waals surface area contributed by atoms with Crippen LogP contribution < -0.4 is 4.74 Å². The van der Waals surface area contributed by atoms with Crippen molar-refractivity contribution >= 4 is 5.78 Å². The molecule has 2 nitrogen and oxygen atoms in total. The minimum Gasteiger partial charge on any atom is -0.493 e. The Morgan fingerprint density at radius 3 is 2.61 bits per heavy atom. The second-order valence-electron chi connectivity index (χ2n) is 5.10. The van der Waals surface area contributed by atoms with Crippen LogP contribution in [0.1, 0.15) is 38.3 Å². The van der Waals surface area contributed by atoms with Crippen LogP contribution in [0.4, 0.5) is 4.39 Å². The molecule has 1 rings (SSSR count). The third-order valence-electron chi connectivity index (χ3n) is 2.83. The fraction of sp³-hybridized carbons (Fsp3) is 0.533. The zero-order chi connectivity index (χ0) is 13.7. The molecule has 0 saturated carbocycles. The molecule has 0 saturated heterocycles. The Balaban J connectivity index is 2.80. The van der Waals surface area contributed by atoms with Gasteiger partial charge in [0.05, 0.1) is 6.61 Å². The van der Waals surface area contributed by atoms with Gasteiger partial charge in [-0.25, -0.2) is 4.39 Å². The summed E-state index contributed by atoms with van der Waals surface area (Å²) in [6.07, 6.45) is 1.18. The van der Waals surface area contributed by atoms with Crippen molar-refractivity contribution in [2.45, 2.75) is 40.5 Å². The number of Topliss-reactive ketones (excluding diaryl/α,β-unsaturated/α-hetero) is 1. The highest BCUT2D eigenvalue weighted by atomic mass is 19.1. The molecule has 0 aromatic heterocycles. The molecule has 0 aliphatic heterocycles. The van der Waals surface area contributed by atoms with Crippen LogP contribution in [0.25, 0.3) is 0 Å². The van der Waals surface area contributed by atoms with Gasteiger partial charge >= 0.3 is 0 Å². The van der Waals surface area contributed by atoms with Gasteiger partial charge in [0, 0.05) is 12.5 Å². The largest absolute Gasteiger partial charge is 0.493 e. The molecule has 18 heavy (non-hydrogen) atoms. The maximum atomic E-state index is 13.7. The van der Waals surface area contributed by atoms with Crippen LogP contribution in [0.3, 0.4) is 0 Å². The fourth-order valence-corrected chi connectivity index (χ4v) is 1.66. The average molecular weight is 252 g/mol. The first-order valence-electron chi connectivity index (χ1n) is 6.31. The number of carbonyl (C=O) groups is 1. The third kappa shape index (κ3) is 4.47. The first kappa shape index (κ1) is 14.7. The van der Waals surface area contributed by atoms with E-state index in [-0.39, 0.29) is 18.0 Å². The molecule has 1 aromatic carbocycles. The minimum atomic E-state index is -0.312. The summed E-state index contributed by atoms with van der Waals surface area (Å²) < 4.78 is 19.2. The molecular weight excluding hydrogens is 231 g/mol. The van der Waals surface area contributed by atoms with Crippen molar-refractivity contribution < 1.29 is 13.9 Å². The lowest BCUT2D eigenvalue weighted by Gasteiger charge is -2.11. The highest BCUT2D eigenvalue weighted by Crippen LogP contribution is 2.22. The van der Waals surface area contributed by atoms with Crippen LogP contribution in [-0.2, 0) is 11.2 Å². The maximum absolute atomic E-state index is 13.7. The lowest BCUT2D eigenvalue weighted by Crippen LogP contribution is -2.05. The van der Waals surface area contributed by atoms with Crippen molar-refractivity contribution in [1.29, 1.82) is 0 Å². The minimum absolute atomic E-state index is 0.0248. The molecule has 0 spiro atoms. The second-order valence-corrected chi connectivity index (χ2v) is 5.10. The first-order valence-corrected chi connectivity index (χ1v) is 6.31. The van der Waals surface area contributed by atoms with Crippen molar-refractivity contribution in [3.8, 4) is 5.75 Å². The van der Waals surface area contributed by atoms with E-state index in [2.05, 4.69) is 13.8 Å². The van der Waals surface area contributed by atoms with E-state index in [1.165, 1.54) is 13.0 Å². The number of carbonyl (C=O) groups excluding carboxylic acids is 1. The normalized spacial score (nSPS) is 10.8. The monoisotopic (exact) mass is 252 g/mol. The molecule has 0 amide bonds. The van der Waals surface area contributed by atoms with Gasteiger partial charge in [-0.3, -0.25) is 4.79 Å². The van der Waals surface area contributed by atoms with Gasteiger partial charge in [0.25, 0.3) is 0 Å². The van der Waals surface area contributed by atoms with Crippen molar-refractivity contribution in [2.75, 3.05) is 6.61 Å². The highest BCUT2D eigenvalue weighted by molar-refractivity contribution is 5.78. The Bertz CT molecular complexity index is 425. The number of ketones is 1. The average Bonchev–Trinajstić information content (AvgIpc) is 2.24. The summed E-state index contributed by atoms with van der Waals surface area (Å²) in [4.78, 5) is 11.1. The first-order chi connectivity index (χ1) is 8.40. The van der Waals surface area contributed by atoms with Gasteiger partial charge in [-0.1, -0.05) is 13.8 Å². The topological polar surface area (TPSA) is 26.3 Å². The quantitative estimate of drug-likeness (QED) is 0.771. The number of rotatable bonds is 6. The van der Waals surface area contributed by atoms with Crippen molar-refractivity contribution in [3.05, 3.63) is 29.1 Å². The van der Waals surface area contributed by atoms with Crippen LogP contribution in [-0.4, -0.2) is 12.4 Å². The number of halogens is 1. The third-order valence-corrected chi connectivity index (χ3v) is 2.83. The summed E-state index contributed by atoms with van der Waals surface area (Å²) in [5.41, 5.74) is 1.24. The van der Waals surface area contributed by atoms with Gasteiger partial charge in [0.15, 0.2) is 0 Å². The Hall–Kier alpha value is -1.38. The summed E-state index contributed by atoms with van der Waals surface area (Å²) >= 11 is 0. The summed E-state index contributed by atoms with van der Waals surface area (Å²) in [6, 6.07) is 3.15. The standard InChI is InChI=1S/C15H21FO2/c1-10(2)5-6-18-14-8-13(7-11(3)17)12(4)15(16)9-14/h8-10H,5-7H2,1-4H3. The molecule has 0 fully saturated rings. The van der Waals surface area contributed by atoms with E-state index in [0.717, 1.165) is 6.42 Å². The molecular formula is C15H21FO2. The molecule has 100 valence electrons. The number of hydrogen-bond acceptors (Lipinski definition) is 2. The SMILES string of the molecule is CC(=O)Cc1cc(OCCC(C)C)cc(F)c1C. The van der Waals surface area contributed by atoms with Crippen LogP contribution in [0.15, 0.2) is 12.1 Å². The van der Waals surface area contributed by atoms with E-state index in [4.69, 9.17) is 4.74 Å². The van der Waals surface area contributed by atoms with Crippen molar-refractivity contribution in [1.82, 2.24) is 0 Å². The summed E-state index contributed by atoms with van der Waals surface area (Å²) in [5.74, 6) is 0.775. The molecule has 1 aromatic rings. The molecule has 0 N–H and O–H groups in total. The zero-order valence-electron chi connectivity index (χ0n) is 11.5. The molecule has 0 heterocycles. The van der Waals surface area contributed by atoms with Gasteiger partial charge in [0.2, 0.25) is 0 Å². The lowest BCUT2D eigenvalue weighted by molar-refractivity contribution is -0.116. The summed E-state index contributed by atoms with van der Waals surface area (Å²) in [5, 5.41) is 0. The molecule has 0 aliphatic rings. The molecule has 0 unspecified atom stereocenters. The number of benzene rings is 1. The summed E-state index contributed by atoms with van der Waals surface area (Å²) in [7, 11) is 0. The van der Waals surface area contributed by atoms with Crippen molar-refractivity contribution in [3.63, 3.8) is 0 Å². The molecule has 3 heteroatoms. The second kappa shape index (κ2) is 6.53. The summed E-state index contributed by atoms with van der Waals surface area (Å²) in [6.45, 7) is 7.98. The van der Waals surface area contributed by atoms with E-state index in [0.29, 0.717) is 29.4 Å². The van der Waals surface area contributed by atoms with Gasteiger partial charge in [-0.05, 0) is 43.4 Å².